The Balaban J connectivity index is 2.39. The van der Waals surface area contributed by atoms with Crippen molar-refractivity contribution < 1.29 is 4.79 Å². The standard InChI is InChI=1S/C12H20N4O/c1-8-9(7-15(2)14-8)12-10(13)5-4-6-11(17)16(12)3/h7,10,12H,4-6,13H2,1-3H3. The highest BCUT2D eigenvalue weighted by atomic mass is 16.2. The van der Waals surface area contributed by atoms with Crippen LogP contribution in [-0.2, 0) is 11.8 Å². The van der Waals surface area contributed by atoms with E-state index in [1.165, 1.54) is 0 Å². The van der Waals surface area contributed by atoms with E-state index < -0.39 is 0 Å². The van der Waals surface area contributed by atoms with Crippen LogP contribution in [0.5, 0.6) is 0 Å². The van der Waals surface area contributed by atoms with Crippen LogP contribution in [0.25, 0.3) is 0 Å². The van der Waals surface area contributed by atoms with Gasteiger partial charge >= 0.3 is 0 Å². The first-order chi connectivity index (χ1) is 8.00. The minimum atomic E-state index is -0.0429. The minimum absolute atomic E-state index is 0.00523. The zero-order chi connectivity index (χ0) is 12.6. The van der Waals surface area contributed by atoms with Crippen LogP contribution in [0.1, 0.15) is 36.6 Å². The number of hydrogen-bond acceptors (Lipinski definition) is 3. The van der Waals surface area contributed by atoms with Crippen LogP contribution in [0.2, 0.25) is 0 Å². The first kappa shape index (κ1) is 12.1. The van der Waals surface area contributed by atoms with E-state index in [0.717, 1.165) is 24.1 Å². The first-order valence-electron chi connectivity index (χ1n) is 6.02. The third-order valence-corrected chi connectivity index (χ3v) is 3.51. The summed E-state index contributed by atoms with van der Waals surface area (Å²) >= 11 is 0. The fourth-order valence-electron chi connectivity index (χ4n) is 2.61. The lowest BCUT2D eigenvalue weighted by molar-refractivity contribution is -0.131. The highest BCUT2D eigenvalue weighted by molar-refractivity contribution is 5.76. The smallest absolute Gasteiger partial charge is 0.222 e. The average molecular weight is 236 g/mol. The summed E-state index contributed by atoms with van der Waals surface area (Å²) in [5.41, 5.74) is 8.23. The molecule has 17 heavy (non-hydrogen) atoms. The molecule has 2 heterocycles. The summed E-state index contributed by atoms with van der Waals surface area (Å²) in [5, 5.41) is 4.33. The largest absolute Gasteiger partial charge is 0.337 e. The fourth-order valence-corrected chi connectivity index (χ4v) is 2.61. The van der Waals surface area contributed by atoms with E-state index >= 15 is 0 Å². The monoisotopic (exact) mass is 236 g/mol. The molecule has 94 valence electrons. The Morgan fingerprint density at radius 2 is 2.18 bits per heavy atom. The summed E-state index contributed by atoms with van der Waals surface area (Å²) in [6.07, 6.45) is 4.32. The number of nitrogens with two attached hydrogens (primary N) is 1. The van der Waals surface area contributed by atoms with Crippen LogP contribution in [0.4, 0.5) is 0 Å². The lowest BCUT2D eigenvalue weighted by Crippen LogP contribution is -2.39. The maximum Gasteiger partial charge on any atom is 0.222 e. The number of rotatable bonds is 1. The lowest BCUT2D eigenvalue weighted by Gasteiger charge is -2.30. The molecule has 5 heteroatoms. The molecular weight excluding hydrogens is 216 g/mol. The van der Waals surface area contributed by atoms with Crippen LogP contribution in [-0.4, -0.2) is 33.7 Å². The molecular formula is C12H20N4O. The van der Waals surface area contributed by atoms with E-state index in [1.807, 2.05) is 27.2 Å². The number of hydrogen-bond donors (Lipinski definition) is 1. The second kappa shape index (κ2) is 4.49. The number of aromatic nitrogens is 2. The van der Waals surface area contributed by atoms with E-state index in [0.29, 0.717) is 6.42 Å². The van der Waals surface area contributed by atoms with E-state index in [9.17, 15) is 4.79 Å². The van der Waals surface area contributed by atoms with Gasteiger partial charge in [0, 0.05) is 38.3 Å². The maximum atomic E-state index is 11.9. The van der Waals surface area contributed by atoms with Gasteiger partial charge in [0.15, 0.2) is 0 Å². The van der Waals surface area contributed by atoms with Crippen molar-refractivity contribution in [1.29, 1.82) is 0 Å². The van der Waals surface area contributed by atoms with Crippen molar-refractivity contribution in [3.05, 3.63) is 17.5 Å². The average Bonchev–Trinajstić information content (AvgIpc) is 2.51. The Hall–Kier alpha value is -1.36. The van der Waals surface area contributed by atoms with Gasteiger partial charge in [-0.2, -0.15) is 5.10 Å². The van der Waals surface area contributed by atoms with Gasteiger partial charge < -0.3 is 10.6 Å². The van der Waals surface area contributed by atoms with Crippen molar-refractivity contribution in [3.8, 4) is 0 Å². The number of likely N-dealkylation sites (tertiary alicyclic amines) is 1. The van der Waals surface area contributed by atoms with Gasteiger partial charge in [-0.05, 0) is 19.8 Å². The summed E-state index contributed by atoms with van der Waals surface area (Å²) in [6, 6.07) is -0.0481. The van der Waals surface area contributed by atoms with E-state index in [1.54, 1.807) is 9.58 Å². The molecule has 1 amide bonds. The van der Waals surface area contributed by atoms with Gasteiger partial charge in [-0.1, -0.05) is 0 Å². The molecule has 1 aromatic heterocycles. The van der Waals surface area contributed by atoms with Crippen molar-refractivity contribution in [2.24, 2.45) is 12.8 Å². The topological polar surface area (TPSA) is 64.2 Å². The van der Waals surface area contributed by atoms with Gasteiger partial charge in [-0.25, -0.2) is 0 Å². The van der Waals surface area contributed by atoms with Gasteiger partial charge in [-0.3, -0.25) is 9.48 Å². The van der Waals surface area contributed by atoms with Crippen molar-refractivity contribution >= 4 is 5.91 Å². The minimum Gasteiger partial charge on any atom is -0.337 e. The summed E-state index contributed by atoms with van der Waals surface area (Å²) in [4.78, 5) is 13.7. The molecule has 1 saturated heterocycles. The summed E-state index contributed by atoms with van der Waals surface area (Å²) in [5.74, 6) is 0.172. The van der Waals surface area contributed by atoms with Gasteiger partial charge in [0.05, 0.1) is 11.7 Å². The molecule has 2 unspecified atom stereocenters. The van der Waals surface area contributed by atoms with E-state index in [-0.39, 0.29) is 18.0 Å². The Morgan fingerprint density at radius 3 is 2.76 bits per heavy atom. The van der Waals surface area contributed by atoms with Crippen LogP contribution < -0.4 is 5.73 Å². The van der Waals surface area contributed by atoms with Crippen molar-refractivity contribution in [1.82, 2.24) is 14.7 Å². The molecule has 1 aromatic rings. The van der Waals surface area contributed by atoms with Crippen LogP contribution >= 0.6 is 0 Å². The molecule has 0 aliphatic carbocycles. The molecule has 2 N–H and O–H groups in total. The predicted octanol–water partition coefficient (Wildman–Crippen LogP) is 0.739. The van der Waals surface area contributed by atoms with Crippen LogP contribution in [0, 0.1) is 6.92 Å². The molecule has 1 aliphatic heterocycles. The number of carbonyl (C=O) groups is 1. The highest BCUT2D eigenvalue weighted by Crippen LogP contribution is 2.30. The van der Waals surface area contributed by atoms with Gasteiger partial charge in [0.1, 0.15) is 0 Å². The molecule has 5 nitrogen and oxygen atoms in total. The second-order valence-electron chi connectivity index (χ2n) is 4.85. The lowest BCUT2D eigenvalue weighted by atomic mass is 9.97. The van der Waals surface area contributed by atoms with Gasteiger partial charge in [0.2, 0.25) is 5.91 Å². The molecule has 1 aliphatic rings. The Morgan fingerprint density at radius 1 is 1.47 bits per heavy atom. The van der Waals surface area contributed by atoms with Crippen LogP contribution in [0.3, 0.4) is 0 Å². The molecule has 0 spiro atoms. The SMILES string of the molecule is Cc1nn(C)cc1C1C(N)CCCC(=O)N1C. The molecule has 0 bridgehead atoms. The molecule has 0 radical (unpaired) electrons. The first-order valence-corrected chi connectivity index (χ1v) is 6.02. The molecule has 1 fully saturated rings. The third kappa shape index (κ3) is 2.20. The normalized spacial score (nSPS) is 26.1. The molecule has 2 rings (SSSR count). The van der Waals surface area contributed by atoms with Crippen molar-refractivity contribution in [2.75, 3.05) is 7.05 Å². The molecule has 2 atom stereocenters. The molecule has 0 aromatic carbocycles. The quantitative estimate of drug-likeness (QED) is 0.782. The van der Waals surface area contributed by atoms with Gasteiger partial charge in [-0.15, -0.1) is 0 Å². The number of amides is 1. The Bertz CT molecular complexity index is 426. The summed E-state index contributed by atoms with van der Waals surface area (Å²) in [7, 11) is 3.73. The second-order valence-corrected chi connectivity index (χ2v) is 4.85. The van der Waals surface area contributed by atoms with E-state index in [4.69, 9.17) is 5.73 Å². The Kier molecular flexibility index (Phi) is 3.19. The molecule has 0 saturated carbocycles. The summed E-state index contributed by atoms with van der Waals surface area (Å²) < 4.78 is 1.78. The third-order valence-electron chi connectivity index (χ3n) is 3.51. The predicted molar refractivity (Wildman–Crippen MR) is 65.3 cm³/mol. The fraction of sp³-hybridized carbons (Fsp3) is 0.667. The number of carbonyl (C=O) groups excluding carboxylic acids is 1. The zero-order valence-electron chi connectivity index (χ0n) is 10.7. The van der Waals surface area contributed by atoms with Crippen LogP contribution in [0.15, 0.2) is 6.20 Å². The Labute approximate surface area is 102 Å². The van der Waals surface area contributed by atoms with Gasteiger partial charge in [0.25, 0.3) is 0 Å². The number of likely N-dealkylation sites (N-methyl/N-ethyl adjacent to an activating group) is 1. The maximum absolute atomic E-state index is 11.9. The van der Waals surface area contributed by atoms with Crippen molar-refractivity contribution in [3.63, 3.8) is 0 Å². The summed E-state index contributed by atoms with van der Waals surface area (Å²) in [6.45, 7) is 1.96. The zero-order valence-corrected chi connectivity index (χ0v) is 10.7. The highest BCUT2D eigenvalue weighted by Gasteiger charge is 2.32. The number of aryl methyl sites for hydroxylation is 2. The number of nitrogens with zero attached hydrogens (tertiary/aromatic N) is 3. The van der Waals surface area contributed by atoms with E-state index in [2.05, 4.69) is 5.10 Å². The van der Waals surface area contributed by atoms with Crippen molar-refractivity contribution in [2.45, 2.75) is 38.3 Å².